The van der Waals surface area contributed by atoms with E-state index in [1.54, 1.807) is 23.2 Å². The SMILES string of the molecule is COc1nccnc1OC1CCN(C(=O)/C=C/c2ccc3c(c2)OCO3)C1. The molecule has 0 bridgehead atoms. The number of rotatable bonds is 5. The Morgan fingerprint density at radius 3 is 2.89 bits per heavy atom. The van der Waals surface area contributed by atoms with E-state index in [0.29, 0.717) is 30.6 Å². The predicted molar refractivity (Wildman–Crippen MR) is 95.8 cm³/mol. The highest BCUT2D eigenvalue weighted by atomic mass is 16.7. The van der Waals surface area contributed by atoms with Crippen LogP contribution < -0.4 is 18.9 Å². The predicted octanol–water partition coefficient (Wildman–Crippen LogP) is 1.91. The van der Waals surface area contributed by atoms with Crippen molar-refractivity contribution in [1.82, 2.24) is 14.9 Å². The molecule has 27 heavy (non-hydrogen) atoms. The van der Waals surface area contributed by atoms with E-state index in [9.17, 15) is 4.79 Å². The fraction of sp³-hybridized carbons (Fsp3) is 0.316. The molecule has 1 atom stereocenters. The van der Waals surface area contributed by atoms with Crippen LogP contribution in [0, 0.1) is 0 Å². The number of methoxy groups -OCH3 is 1. The second-order valence-electron chi connectivity index (χ2n) is 6.13. The number of nitrogens with zero attached hydrogens (tertiary/aromatic N) is 3. The van der Waals surface area contributed by atoms with Crippen LogP contribution in [0.5, 0.6) is 23.3 Å². The smallest absolute Gasteiger partial charge is 0.278 e. The number of aromatic nitrogens is 2. The minimum atomic E-state index is -0.140. The molecule has 0 aliphatic carbocycles. The van der Waals surface area contributed by atoms with Crippen LogP contribution >= 0.6 is 0 Å². The summed E-state index contributed by atoms with van der Waals surface area (Å²) in [4.78, 5) is 22.4. The van der Waals surface area contributed by atoms with Crippen LogP contribution in [0.15, 0.2) is 36.7 Å². The van der Waals surface area contributed by atoms with Gasteiger partial charge in [-0.25, -0.2) is 9.97 Å². The van der Waals surface area contributed by atoms with Gasteiger partial charge in [0.25, 0.3) is 11.8 Å². The molecular formula is C19H19N3O5. The van der Waals surface area contributed by atoms with Crippen molar-refractivity contribution in [3.63, 3.8) is 0 Å². The van der Waals surface area contributed by atoms with Crippen molar-refractivity contribution in [1.29, 1.82) is 0 Å². The van der Waals surface area contributed by atoms with Crippen LogP contribution in [0.1, 0.15) is 12.0 Å². The number of hydrogen-bond acceptors (Lipinski definition) is 7. The van der Waals surface area contributed by atoms with Crippen molar-refractivity contribution in [2.24, 2.45) is 0 Å². The highest BCUT2D eigenvalue weighted by molar-refractivity contribution is 5.92. The Morgan fingerprint density at radius 2 is 2.04 bits per heavy atom. The minimum Gasteiger partial charge on any atom is -0.477 e. The van der Waals surface area contributed by atoms with Gasteiger partial charge in [-0.05, 0) is 23.8 Å². The van der Waals surface area contributed by atoms with Crippen molar-refractivity contribution in [3.05, 3.63) is 42.2 Å². The standard InChI is InChI=1S/C19H19N3O5/c1-24-18-19(21-8-7-20-18)27-14-6-9-22(11-14)17(23)5-3-13-2-4-15-16(10-13)26-12-25-15/h2-5,7-8,10,14H,6,9,11-12H2,1H3/b5-3+. The number of fused-ring (bicyclic) bond motifs is 1. The molecule has 0 radical (unpaired) electrons. The van der Waals surface area contributed by atoms with E-state index in [4.69, 9.17) is 18.9 Å². The summed E-state index contributed by atoms with van der Waals surface area (Å²) in [5.74, 6) is 2.03. The number of hydrogen-bond donors (Lipinski definition) is 0. The number of ether oxygens (including phenoxy) is 4. The molecule has 0 N–H and O–H groups in total. The molecule has 0 saturated carbocycles. The molecule has 1 aromatic carbocycles. The van der Waals surface area contributed by atoms with Crippen molar-refractivity contribution in [2.45, 2.75) is 12.5 Å². The Balaban J connectivity index is 1.35. The molecule has 3 heterocycles. The number of carbonyl (C=O) groups is 1. The first-order chi connectivity index (χ1) is 13.2. The lowest BCUT2D eigenvalue weighted by molar-refractivity contribution is -0.125. The molecule has 2 aliphatic heterocycles. The summed E-state index contributed by atoms with van der Waals surface area (Å²) in [6, 6.07) is 5.57. The lowest BCUT2D eigenvalue weighted by atomic mass is 10.2. The quantitative estimate of drug-likeness (QED) is 0.745. The Labute approximate surface area is 156 Å². The number of likely N-dealkylation sites (tertiary alicyclic amines) is 1. The molecule has 8 heteroatoms. The summed E-state index contributed by atoms with van der Waals surface area (Å²) in [7, 11) is 1.52. The van der Waals surface area contributed by atoms with Crippen LogP contribution in [0.25, 0.3) is 6.08 Å². The molecule has 2 aliphatic rings. The maximum atomic E-state index is 12.4. The summed E-state index contributed by atoms with van der Waals surface area (Å²) in [5.41, 5.74) is 0.879. The highest BCUT2D eigenvalue weighted by Crippen LogP contribution is 2.32. The second-order valence-corrected chi connectivity index (χ2v) is 6.13. The van der Waals surface area contributed by atoms with Crippen LogP contribution in [0.2, 0.25) is 0 Å². The number of amides is 1. The van der Waals surface area contributed by atoms with Crippen LogP contribution in [-0.4, -0.2) is 53.9 Å². The number of carbonyl (C=O) groups excluding carboxylic acids is 1. The monoisotopic (exact) mass is 369 g/mol. The second kappa shape index (κ2) is 7.53. The molecule has 140 valence electrons. The van der Waals surface area contributed by atoms with Crippen molar-refractivity contribution in [2.75, 3.05) is 27.0 Å². The lowest BCUT2D eigenvalue weighted by Gasteiger charge is -2.16. The molecule has 2 aromatic rings. The fourth-order valence-corrected chi connectivity index (χ4v) is 3.01. The maximum absolute atomic E-state index is 12.4. The van der Waals surface area contributed by atoms with Gasteiger partial charge < -0.3 is 23.8 Å². The zero-order valence-corrected chi connectivity index (χ0v) is 14.8. The number of benzene rings is 1. The zero-order valence-electron chi connectivity index (χ0n) is 14.8. The molecule has 1 unspecified atom stereocenters. The van der Waals surface area contributed by atoms with Crippen molar-refractivity contribution >= 4 is 12.0 Å². The minimum absolute atomic E-state index is 0.0649. The Kier molecular flexibility index (Phi) is 4.78. The topological polar surface area (TPSA) is 83.0 Å². The van der Waals surface area contributed by atoms with Gasteiger partial charge in [0, 0.05) is 31.4 Å². The van der Waals surface area contributed by atoms with Gasteiger partial charge in [-0.2, -0.15) is 0 Å². The Morgan fingerprint density at radius 1 is 1.22 bits per heavy atom. The van der Waals surface area contributed by atoms with E-state index in [-0.39, 0.29) is 18.8 Å². The van der Waals surface area contributed by atoms with Gasteiger partial charge in [0.2, 0.25) is 12.7 Å². The molecule has 1 saturated heterocycles. The normalized spacial score (nSPS) is 18.1. The zero-order chi connectivity index (χ0) is 18.6. The van der Waals surface area contributed by atoms with Gasteiger partial charge in [-0.15, -0.1) is 0 Å². The average molecular weight is 369 g/mol. The molecule has 1 amide bonds. The molecular weight excluding hydrogens is 350 g/mol. The van der Waals surface area contributed by atoms with Crippen LogP contribution in [0.3, 0.4) is 0 Å². The largest absolute Gasteiger partial charge is 0.477 e. The molecule has 8 nitrogen and oxygen atoms in total. The average Bonchev–Trinajstić information content (AvgIpc) is 3.35. The van der Waals surface area contributed by atoms with Crippen LogP contribution in [0.4, 0.5) is 0 Å². The third-order valence-corrected chi connectivity index (χ3v) is 4.38. The summed E-state index contributed by atoms with van der Waals surface area (Å²) < 4.78 is 21.6. The van der Waals surface area contributed by atoms with Crippen molar-refractivity contribution in [3.8, 4) is 23.3 Å². The summed E-state index contributed by atoms with van der Waals surface area (Å²) >= 11 is 0. The fourth-order valence-electron chi connectivity index (χ4n) is 3.01. The third-order valence-electron chi connectivity index (χ3n) is 4.38. The van der Waals surface area contributed by atoms with Gasteiger partial charge >= 0.3 is 0 Å². The van der Waals surface area contributed by atoms with Crippen molar-refractivity contribution < 1.29 is 23.7 Å². The molecule has 1 fully saturated rings. The lowest BCUT2D eigenvalue weighted by Crippen LogP contribution is -2.29. The first-order valence-corrected chi connectivity index (χ1v) is 8.61. The first-order valence-electron chi connectivity index (χ1n) is 8.61. The third kappa shape index (κ3) is 3.79. The van der Waals surface area contributed by atoms with Gasteiger partial charge in [0.15, 0.2) is 11.5 Å². The van der Waals surface area contributed by atoms with Gasteiger partial charge in [-0.1, -0.05) is 6.07 Å². The Bertz CT molecular complexity index is 870. The molecule has 0 spiro atoms. The molecule has 4 rings (SSSR count). The van der Waals surface area contributed by atoms with E-state index in [0.717, 1.165) is 17.7 Å². The Hall–Kier alpha value is -3.29. The van der Waals surface area contributed by atoms with E-state index < -0.39 is 0 Å². The van der Waals surface area contributed by atoms with Crippen LogP contribution in [-0.2, 0) is 4.79 Å². The van der Waals surface area contributed by atoms with E-state index in [2.05, 4.69) is 9.97 Å². The molecule has 1 aromatic heterocycles. The van der Waals surface area contributed by atoms with E-state index >= 15 is 0 Å². The highest BCUT2D eigenvalue weighted by Gasteiger charge is 2.27. The maximum Gasteiger partial charge on any atom is 0.278 e. The van der Waals surface area contributed by atoms with Gasteiger partial charge in [0.05, 0.1) is 13.7 Å². The van der Waals surface area contributed by atoms with Gasteiger partial charge in [-0.3, -0.25) is 4.79 Å². The van der Waals surface area contributed by atoms with E-state index in [1.165, 1.54) is 13.3 Å². The van der Waals surface area contributed by atoms with E-state index in [1.807, 2.05) is 18.2 Å². The first kappa shape index (κ1) is 17.1. The summed E-state index contributed by atoms with van der Waals surface area (Å²) in [6.45, 7) is 1.34. The van der Waals surface area contributed by atoms with Gasteiger partial charge in [0.1, 0.15) is 6.10 Å². The summed E-state index contributed by atoms with van der Waals surface area (Å²) in [6.07, 6.45) is 7.00. The summed E-state index contributed by atoms with van der Waals surface area (Å²) in [5, 5.41) is 0.